The molecule has 0 aromatic heterocycles. The lowest BCUT2D eigenvalue weighted by atomic mass is 10.1. The molecule has 1 nitrogen and oxygen atoms in total. The second kappa shape index (κ2) is 6.98. The van der Waals surface area contributed by atoms with Crippen LogP contribution in [-0.4, -0.2) is 0 Å². The maximum Gasteiger partial charge on any atom is 0.122 e. The van der Waals surface area contributed by atoms with Crippen molar-refractivity contribution >= 4 is 0 Å². The van der Waals surface area contributed by atoms with Crippen molar-refractivity contribution in [2.75, 3.05) is 0 Å². The maximum atomic E-state index is 5.95. The van der Waals surface area contributed by atoms with Gasteiger partial charge in [0.1, 0.15) is 12.4 Å². The van der Waals surface area contributed by atoms with E-state index in [0.717, 1.165) is 25.0 Å². The molecule has 0 radical (unpaired) electrons. The van der Waals surface area contributed by atoms with E-state index in [4.69, 9.17) is 4.74 Å². The van der Waals surface area contributed by atoms with Crippen molar-refractivity contribution in [1.82, 2.24) is 0 Å². The molecule has 0 saturated heterocycles. The Bertz CT molecular complexity index is 499. The van der Waals surface area contributed by atoms with Crippen molar-refractivity contribution in [1.29, 1.82) is 0 Å². The first-order chi connectivity index (χ1) is 9.33. The average Bonchev–Trinajstić information content (AvgIpc) is 2.47. The first-order valence-electron chi connectivity index (χ1n) is 7.12. The molecule has 0 bridgehead atoms. The Morgan fingerprint density at radius 3 is 2.21 bits per heavy atom. The quantitative estimate of drug-likeness (QED) is 0.720. The summed E-state index contributed by atoms with van der Waals surface area (Å²) in [5, 5.41) is 0. The highest BCUT2D eigenvalue weighted by molar-refractivity contribution is 5.33. The predicted octanol–water partition coefficient (Wildman–Crippen LogP) is 4.78. The SMILES string of the molecule is CCCc1ccccc1OCc1ccc(CC)cc1. The van der Waals surface area contributed by atoms with Crippen LogP contribution in [0.1, 0.15) is 37.0 Å². The summed E-state index contributed by atoms with van der Waals surface area (Å²) in [4.78, 5) is 0. The number of ether oxygens (including phenoxy) is 1. The fourth-order valence-electron chi connectivity index (χ4n) is 2.15. The fraction of sp³-hybridized carbons (Fsp3) is 0.333. The minimum absolute atomic E-state index is 0.644. The van der Waals surface area contributed by atoms with Gasteiger partial charge in [-0.1, -0.05) is 62.7 Å². The van der Waals surface area contributed by atoms with Gasteiger partial charge >= 0.3 is 0 Å². The van der Waals surface area contributed by atoms with Crippen LogP contribution < -0.4 is 4.74 Å². The van der Waals surface area contributed by atoms with E-state index < -0.39 is 0 Å². The lowest BCUT2D eigenvalue weighted by Gasteiger charge is -2.11. The van der Waals surface area contributed by atoms with Crippen LogP contribution in [0.2, 0.25) is 0 Å². The summed E-state index contributed by atoms with van der Waals surface area (Å²) in [7, 11) is 0. The highest BCUT2D eigenvalue weighted by Crippen LogP contribution is 2.20. The molecule has 2 aromatic rings. The van der Waals surface area contributed by atoms with E-state index in [2.05, 4.69) is 56.3 Å². The zero-order valence-corrected chi connectivity index (χ0v) is 11.9. The maximum absolute atomic E-state index is 5.95. The van der Waals surface area contributed by atoms with Crippen LogP contribution in [0.4, 0.5) is 0 Å². The van der Waals surface area contributed by atoms with Gasteiger partial charge in [0.15, 0.2) is 0 Å². The van der Waals surface area contributed by atoms with Crippen LogP contribution in [0, 0.1) is 0 Å². The van der Waals surface area contributed by atoms with E-state index in [0.29, 0.717) is 6.61 Å². The smallest absolute Gasteiger partial charge is 0.122 e. The summed E-state index contributed by atoms with van der Waals surface area (Å²) >= 11 is 0. The number of benzene rings is 2. The van der Waals surface area contributed by atoms with Gasteiger partial charge in [-0.2, -0.15) is 0 Å². The van der Waals surface area contributed by atoms with Crippen molar-refractivity contribution in [3.05, 3.63) is 65.2 Å². The minimum atomic E-state index is 0.644. The van der Waals surface area contributed by atoms with E-state index in [-0.39, 0.29) is 0 Å². The molecular formula is C18H22O. The largest absolute Gasteiger partial charge is 0.489 e. The van der Waals surface area contributed by atoms with E-state index in [1.54, 1.807) is 0 Å². The van der Waals surface area contributed by atoms with Crippen LogP contribution in [0.15, 0.2) is 48.5 Å². The van der Waals surface area contributed by atoms with Gasteiger partial charge in [0.25, 0.3) is 0 Å². The zero-order valence-electron chi connectivity index (χ0n) is 11.9. The number of rotatable bonds is 6. The molecule has 19 heavy (non-hydrogen) atoms. The van der Waals surface area contributed by atoms with E-state index in [1.165, 1.54) is 16.7 Å². The summed E-state index contributed by atoms with van der Waals surface area (Å²) in [5.74, 6) is 1.02. The molecule has 2 aromatic carbocycles. The molecular weight excluding hydrogens is 232 g/mol. The van der Waals surface area contributed by atoms with Gasteiger partial charge in [-0.05, 0) is 35.6 Å². The normalized spacial score (nSPS) is 10.4. The van der Waals surface area contributed by atoms with Gasteiger partial charge in [0.2, 0.25) is 0 Å². The van der Waals surface area contributed by atoms with E-state index in [9.17, 15) is 0 Å². The Labute approximate surface area is 116 Å². The standard InChI is InChI=1S/C18H22O/c1-3-7-17-8-5-6-9-18(17)19-14-16-12-10-15(4-2)11-13-16/h5-6,8-13H,3-4,7,14H2,1-2H3. The van der Waals surface area contributed by atoms with Crippen LogP contribution in [0.25, 0.3) is 0 Å². The molecule has 0 unspecified atom stereocenters. The third kappa shape index (κ3) is 3.85. The van der Waals surface area contributed by atoms with Crippen molar-refractivity contribution in [2.45, 2.75) is 39.7 Å². The van der Waals surface area contributed by atoms with Gasteiger partial charge in [-0.15, -0.1) is 0 Å². The van der Waals surface area contributed by atoms with Gasteiger partial charge in [0, 0.05) is 0 Å². The molecule has 100 valence electrons. The Balaban J connectivity index is 2.01. The molecule has 0 spiro atoms. The second-order valence-corrected chi connectivity index (χ2v) is 4.82. The topological polar surface area (TPSA) is 9.23 Å². The van der Waals surface area contributed by atoms with E-state index in [1.807, 2.05) is 6.07 Å². The Morgan fingerprint density at radius 2 is 1.53 bits per heavy atom. The average molecular weight is 254 g/mol. The third-order valence-corrected chi connectivity index (χ3v) is 3.32. The molecule has 0 aliphatic carbocycles. The molecule has 2 rings (SSSR count). The lowest BCUT2D eigenvalue weighted by Crippen LogP contribution is -1.98. The number of hydrogen-bond acceptors (Lipinski definition) is 1. The molecule has 1 heteroatoms. The van der Waals surface area contributed by atoms with Crippen molar-refractivity contribution in [3.8, 4) is 5.75 Å². The van der Waals surface area contributed by atoms with Crippen LogP contribution >= 0.6 is 0 Å². The van der Waals surface area contributed by atoms with Crippen LogP contribution in [-0.2, 0) is 19.4 Å². The number of aryl methyl sites for hydroxylation is 2. The molecule has 0 aliphatic rings. The Hall–Kier alpha value is -1.76. The van der Waals surface area contributed by atoms with Gasteiger partial charge in [0.05, 0.1) is 0 Å². The molecule has 0 fully saturated rings. The summed E-state index contributed by atoms with van der Waals surface area (Å²) in [6.07, 6.45) is 3.30. The first-order valence-corrected chi connectivity index (χ1v) is 7.12. The lowest BCUT2D eigenvalue weighted by molar-refractivity contribution is 0.303. The van der Waals surface area contributed by atoms with Gasteiger partial charge in [-0.3, -0.25) is 0 Å². The zero-order chi connectivity index (χ0) is 13.5. The number of hydrogen-bond donors (Lipinski definition) is 0. The van der Waals surface area contributed by atoms with Crippen molar-refractivity contribution in [2.24, 2.45) is 0 Å². The summed E-state index contributed by atoms with van der Waals surface area (Å²) < 4.78 is 5.95. The van der Waals surface area contributed by atoms with Crippen LogP contribution in [0.5, 0.6) is 5.75 Å². The monoisotopic (exact) mass is 254 g/mol. The molecule has 0 aliphatic heterocycles. The minimum Gasteiger partial charge on any atom is -0.489 e. The van der Waals surface area contributed by atoms with Gasteiger partial charge in [-0.25, -0.2) is 0 Å². The molecule has 0 saturated carbocycles. The van der Waals surface area contributed by atoms with Crippen LogP contribution in [0.3, 0.4) is 0 Å². The number of para-hydroxylation sites is 1. The molecule has 0 heterocycles. The summed E-state index contributed by atoms with van der Waals surface area (Å²) in [6.45, 7) is 5.01. The molecule has 0 N–H and O–H groups in total. The highest BCUT2D eigenvalue weighted by Gasteiger charge is 2.02. The fourth-order valence-corrected chi connectivity index (χ4v) is 2.15. The highest BCUT2D eigenvalue weighted by atomic mass is 16.5. The summed E-state index contributed by atoms with van der Waals surface area (Å²) in [6, 6.07) is 17.0. The molecule has 0 amide bonds. The molecule has 0 atom stereocenters. The predicted molar refractivity (Wildman–Crippen MR) is 80.6 cm³/mol. The third-order valence-electron chi connectivity index (χ3n) is 3.32. The Kier molecular flexibility index (Phi) is 5.02. The first kappa shape index (κ1) is 13.7. The Morgan fingerprint density at radius 1 is 0.842 bits per heavy atom. The van der Waals surface area contributed by atoms with Crippen molar-refractivity contribution in [3.63, 3.8) is 0 Å². The van der Waals surface area contributed by atoms with Crippen molar-refractivity contribution < 1.29 is 4.74 Å². The second-order valence-electron chi connectivity index (χ2n) is 4.82. The van der Waals surface area contributed by atoms with E-state index >= 15 is 0 Å². The van der Waals surface area contributed by atoms with Gasteiger partial charge < -0.3 is 4.74 Å². The summed E-state index contributed by atoms with van der Waals surface area (Å²) in [5.41, 5.74) is 3.90.